The molecule has 0 aromatic heterocycles. The molecular formula is C44H51ClN4O3S2. The van der Waals surface area contributed by atoms with Gasteiger partial charge >= 0.3 is 0 Å². The molecule has 4 aromatic rings. The molecule has 0 saturated heterocycles. The number of benzene rings is 4. The van der Waals surface area contributed by atoms with E-state index < -0.39 is 15.9 Å². The van der Waals surface area contributed by atoms with E-state index in [1.165, 1.54) is 40.0 Å². The first kappa shape index (κ1) is 39.8. The predicted octanol–water partition coefficient (Wildman–Crippen LogP) is 9.41. The number of nitrogens with one attached hydrogen (secondary N) is 2. The van der Waals surface area contributed by atoms with Crippen LogP contribution in [0.25, 0.3) is 11.1 Å². The summed E-state index contributed by atoms with van der Waals surface area (Å²) in [4.78, 5) is 19.1. The van der Waals surface area contributed by atoms with Gasteiger partial charge in [-0.05, 0) is 149 Å². The van der Waals surface area contributed by atoms with Gasteiger partial charge in [0, 0.05) is 52.6 Å². The lowest BCUT2D eigenvalue weighted by molar-refractivity contribution is 0.0981. The van der Waals surface area contributed by atoms with Crippen LogP contribution < -0.4 is 10.0 Å². The molecule has 1 atom stereocenters. The van der Waals surface area contributed by atoms with Crippen molar-refractivity contribution >= 4 is 56.1 Å². The zero-order chi connectivity index (χ0) is 38.1. The summed E-state index contributed by atoms with van der Waals surface area (Å²) in [5.74, 6) is 0.219. The second-order valence-corrected chi connectivity index (χ2v) is 17.8. The van der Waals surface area contributed by atoms with Crippen LogP contribution in [0.5, 0.6) is 0 Å². The number of sulfonamides is 1. The summed E-state index contributed by atoms with van der Waals surface area (Å²) >= 11 is 7.95. The Kier molecular flexibility index (Phi) is 13.8. The standard InChI is InChI=1S/C44H51ClN4O3S2/c1-32-29-41(21-22-43(32)46-39(25-26-48(2)3)31-53-40-10-5-4-6-11-40)54(51,52)47-44(50)36-15-13-33(14-16-36)34-23-27-49(28-24-34)30-37-9-7-8-12-42(37)35-17-19-38(45)20-18-35/h4-6,10-11,13-23,29,39,46H,7-9,12,24-28,30-31H2,1-3H3,(H,47,50)/t39-/m1/s1. The third-order valence-corrected chi connectivity index (χ3v) is 13.0. The minimum atomic E-state index is -4.08. The quantitative estimate of drug-likeness (QED) is 0.116. The number of rotatable bonds is 15. The van der Waals surface area contributed by atoms with E-state index in [9.17, 15) is 13.2 Å². The Labute approximate surface area is 330 Å². The van der Waals surface area contributed by atoms with Crippen LogP contribution >= 0.6 is 23.4 Å². The SMILES string of the molecule is Cc1cc(S(=O)(=O)NC(=O)c2ccc(C3=CCN(CC4=C(c5ccc(Cl)cc5)CCCC4)CC3)cc2)ccc1N[C@H](CCN(C)C)CSc1ccccc1. The summed E-state index contributed by atoms with van der Waals surface area (Å²) in [7, 11) is 0.0427. The summed E-state index contributed by atoms with van der Waals surface area (Å²) in [6, 6.07) is 31.0. The molecule has 6 rings (SSSR count). The van der Waals surface area contributed by atoms with Gasteiger partial charge in [-0.15, -0.1) is 11.8 Å². The van der Waals surface area contributed by atoms with Crippen LogP contribution in [0, 0.1) is 6.92 Å². The smallest absolute Gasteiger partial charge is 0.264 e. The average Bonchev–Trinajstić information content (AvgIpc) is 3.17. The van der Waals surface area contributed by atoms with Gasteiger partial charge in [-0.1, -0.05) is 65.7 Å². The molecule has 10 heteroatoms. The number of allylic oxidation sites excluding steroid dienone is 1. The number of aryl methyl sites for hydroxylation is 1. The van der Waals surface area contributed by atoms with Crippen LogP contribution in [-0.4, -0.2) is 76.2 Å². The molecule has 284 valence electrons. The maximum Gasteiger partial charge on any atom is 0.264 e. The van der Waals surface area contributed by atoms with Crippen LogP contribution in [0.3, 0.4) is 0 Å². The monoisotopic (exact) mass is 782 g/mol. The fourth-order valence-electron chi connectivity index (χ4n) is 7.11. The molecule has 54 heavy (non-hydrogen) atoms. The van der Waals surface area contributed by atoms with E-state index in [-0.39, 0.29) is 10.9 Å². The normalized spacial score (nSPS) is 15.9. The molecule has 0 radical (unpaired) electrons. The zero-order valence-corrected chi connectivity index (χ0v) is 33.9. The topological polar surface area (TPSA) is 81.8 Å². The lowest BCUT2D eigenvalue weighted by Gasteiger charge is -2.30. The van der Waals surface area contributed by atoms with Crippen molar-refractivity contribution in [3.05, 3.63) is 136 Å². The number of carbonyl (C=O) groups excluding carboxylic acids is 1. The van der Waals surface area contributed by atoms with Crippen molar-refractivity contribution in [2.45, 2.75) is 61.3 Å². The number of amides is 1. The highest BCUT2D eigenvalue weighted by molar-refractivity contribution is 7.99. The second-order valence-electron chi connectivity index (χ2n) is 14.6. The molecular weight excluding hydrogens is 732 g/mol. The molecule has 2 aliphatic rings. The number of nitrogens with zero attached hydrogens (tertiary/aromatic N) is 2. The van der Waals surface area contributed by atoms with E-state index in [0.717, 1.165) is 79.5 Å². The number of hydrogen-bond acceptors (Lipinski definition) is 7. The third-order valence-electron chi connectivity index (χ3n) is 10.2. The van der Waals surface area contributed by atoms with Crippen LogP contribution in [0.2, 0.25) is 5.02 Å². The number of thioether (sulfide) groups is 1. The Morgan fingerprint density at radius 1 is 0.907 bits per heavy atom. The first-order chi connectivity index (χ1) is 26.0. The molecule has 0 unspecified atom stereocenters. The molecule has 2 N–H and O–H groups in total. The average molecular weight is 784 g/mol. The zero-order valence-electron chi connectivity index (χ0n) is 31.5. The highest BCUT2D eigenvalue weighted by Gasteiger charge is 2.22. The minimum Gasteiger partial charge on any atom is -0.381 e. The minimum absolute atomic E-state index is 0.0558. The van der Waals surface area contributed by atoms with Gasteiger partial charge in [0.05, 0.1) is 4.90 Å². The molecule has 0 spiro atoms. The van der Waals surface area contributed by atoms with Crippen LogP contribution in [0.15, 0.2) is 119 Å². The van der Waals surface area contributed by atoms with Gasteiger partial charge < -0.3 is 10.2 Å². The van der Waals surface area contributed by atoms with Crippen LogP contribution in [0.4, 0.5) is 5.69 Å². The highest BCUT2D eigenvalue weighted by atomic mass is 35.5. The first-order valence-corrected chi connectivity index (χ1v) is 21.6. The highest BCUT2D eigenvalue weighted by Crippen LogP contribution is 2.34. The number of carbonyl (C=O) groups is 1. The molecule has 0 saturated carbocycles. The number of hydrogen-bond donors (Lipinski definition) is 2. The Bertz CT molecular complexity index is 2070. The Hall–Kier alpha value is -3.86. The summed E-state index contributed by atoms with van der Waals surface area (Å²) in [5, 5.41) is 4.40. The van der Waals surface area contributed by atoms with Crippen molar-refractivity contribution in [3.63, 3.8) is 0 Å². The van der Waals surface area contributed by atoms with E-state index in [4.69, 9.17) is 11.6 Å². The number of anilines is 1. The molecule has 1 amide bonds. The maximum absolute atomic E-state index is 13.4. The first-order valence-electron chi connectivity index (χ1n) is 18.8. The van der Waals surface area contributed by atoms with E-state index in [1.807, 2.05) is 49.4 Å². The van der Waals surface area contributed by atoms with Crippen molar-refractivity contribution in [1.82, 2.24) is 14.5 Å². The van der Waals surface area contributed by atoms with Gasteiger partial charge in [-0.3, -0.25) is 9.69 Å². The molecule has 1 heterocycles. The Morgan fingerprint density at radius 3 is 2.31 bits per heavy atom. The van der Waals surface area contributed by atoms with Crippen LogP contribution in [-0.2, 0) is 10.0 Å². The second kappa shape index (κ2) is 18.7. The summed E-state index contributed by atoms with van der Waals surface area (Å²) in [6.45, 7) is 5.61. The van der Waals surface area contributed by atoms with Crippen LogP contribution in [0.1, 0.15) is 65.6 Å². The maximum atomic E-state index is 13.4. The lowest BCUT2D eigenvalue weighted by Crippen LogP contribution is -2.31. The van der Waals surface area contributed by atoms with E-state index in [0.29, 0.717) is 5.56 Å². The summed E-state index contributed by atoms with van der Waals surface area (Å²) in [5.41, 5.74) is 8.56. The molecule has 0 bridgehead atoms. The van der Waals surface area contributed by atoms with E-state index in [2.05, 4.69) is 64.3 Å². The van der Waals surface area contributed by atoms with Crippen molar-refractivity contribution in [2.75, 3.05) is 51.3 Å². The molecule has 1 aliphatic heterocycles. The van der Waals surface area contributed by atoms with E-state index in [1.54, 1.807) is 42.1 Å². The largest absolute Gasteiger partial charge is 0.381 e. The fourth-order valence-corrected chi connectivity index (χ4v) is 9.29. The van der Waals surface area contributed by atoms with E-state index >= 15 is 0 Å². The molecule has 0 fully saturated rings. The Morgan fingerprint density at radius 2 is 1.63 bits per heavy atom. The Balaban J connectivity index is 1.05. The summed E-state index contributed by atoms with van der Waals surface area (Å²) in [6.07, 6.45) is 8.84. The molecule has 4 aromatic carbocycles. The van der Waals surface area contributed by atoms with Gasteiger partial charge in [0.25, 0.3) is 15.9 Å². The van der Waals surface area contributed by atoms with Crippen molar-refractivity contribution in [3.8, 4) is 0 Å². The summed E-state index contributed by atoms with van der Waals surface area (Å²) < 4.78 is 29.0. The predicted molar refractivity (Wildman–Crippen MR) is 226 cm³/mol. The lowest BCUT2D eigenvalue weighted by atomic mass is 9.87. The molecule has 7 nitrogen and oxygen atoms in total. The van der Waals surface area contributed by atoms with Crippen molar-refractivity contribution in [1.29, 1.82) is 0 Å². The fraction of sp³-hybridized carbons (Fsp3) is 0.341. The van der Waals surface area contributed by atoms with Gasteiger partial charge in [-0.2, -0.15) is 0 Å². The van der Waals surface area contributed by atoms with Gasteiger partial charge in [0.1, 0.15) is 0 Å². The molecule has 1 aliphatic carbocycles. The van der Waals surface area contributed by atoms with Crippen molar-refractivity contribution in [2.24, 2.45) is 0 Å². The van der Waals surface area contributed by atoms with Gasteiger partial charge in [0.2, 0.25) is 0 Å². The van der Waals surface area contributed by atoms with Gasteiger partial charge in [0.15, 0.2) is 0 Å². The number of halogens is 1. The van der Waals surface area contributed by atoms with Crippen molar-refractivity contribution < 1.29 is 13.2 Å². The third kappa shape index (κ3) is 10.9. The van der Waals surface area contributed by atoms with Gasteiger partial charge in [-0.25, -0.2) is 13.1 Å².